The first kappa shape index (κ1) is 10.6. The lowest BCUT2D eigenvalue weighted by Crippen LogP contribution is -2.25. The van der Waals surface area contributed by atoms with Gasteiger partial charge in [-0.15, -0.1) is 0 Å². The van der Waals surface area contributed by atoms with Gasteiger partial charge in [-0.25, -0.2) is 0 Å². The van der Waals surface area contributed by atoms with Gasteiger partial charge in [-0.2, -0.15) is 0 Å². The molecule has 2 N–H and O–H groups in total. The van der Waals surface area contributed by atoms with E-state index in [0.29, 0.717) is 10.0 Å². The average Bonchev–Trinajstić information content (AvgIpc) is 2.64. The lowest BCUT2D eigenvalue weighted by atomic mass is 9.88. The molecule has 84 valence electrons. The summed E-state index contributed by atoms with van der Waals surface area (Å²) < 4.78 is 0. The van der Waals surface area contributed by atoms with E-state index in [4.69, 9.17) is 28.9 Å². The highest BCUT2D eigenvalue weighted by Crippen LogP contribution is 2.45. The quantitative estimate of drug-likeness (QED) is 0.748. The molecule has 1 aromatic carbocycles. The van der Waals surface area contributed by atoms with Crippen LogP contribution in [0, 0.1) is 0 Å². The number of rotatable bonds is 0. The first-order valence-electron chi connectivity index (χ1n) is 5.63. The van der Waals surface area contributed by atoms with E-state index in [1.807, 2.05) is 6.07 Å². The topological polar surface area (TPSA) is 26.0 Å². The average molecular weight is 254 g/mol. The lowest BCUT2D eigenvalue weighted by Gasteiger charge is -2.21. The Labute approximate surface area is 105 Å². The molecule has 0 radical (unpaired) electrons. The fourth-order valence-corrected chi connectivity index (χ4v) is 3.31. The molecule has 2 aliphatic rings. The summed E-state index contributed by atoms with van der Waals surface area (Å²) in [5.41, 5.74) is 11.4. The molecule has 0 aromatic heterocycles. The number of hydrogen-bond acceptors (Lipinski definition) is 1. The van der Waals surface area contributed by atoms with Crippen LogP contribution in [0.2, 0.25) is 10.0 Å². The van der Waals surface area contributed by atoms with Gasteiger partial charge in [-0.05, 0) is 48.5 Å². The van der Waals surface area contributed by atoms with E-state index in [0.717, 1.165) is 25.7 Å². The van der Waals surface area contributed by atoms with Gasteiger partial charge >= 0.3 is 0 Å². The Hall–Kier alpha value is -0.500. The minimum Gasteiger partial charge on any atom is -0.324 e. The maximum absolute atomic E-state index is 6.30. The molecule has 0 fully saturated rings. The molecule has 3 heteroatoms. The highest BCUT2D eigenvalue weighted by Gasteiger charge is 2.30. The molecular formula is C13H13Cl2N. The Morgan fingerprint density at radius 3 is 2.88 bits per heavy atom. The molecule has 1 atom stereocenters. The molecular weight excluding hydrogens is 241 g/mol. The van der Waals surface area contributed by atoms with Crippen LogP contribution in [0.4, 0.5) is 0 Å². The van der Waals surface area contributed by atoms with Gasteiger partial charge < -0.3 is 5.73 Å². The highest BCUT2D eigenvalue weighted by molar-refractivity contribution is 6.43. The van der Waals surface area contributed by atoms with E-state index >= 15 is 0 Å². The van der Waals surface area contributed by atoms with Crippen LogP contribution < -0.4 is 5.73 Å². The molecule has 0 saturated carbocycles. The van der Waals surface area contributed by atoms with Crippen molar-refractivity contribution in [3.8, 4) is 0 Å². The zero-order valence-electron chi connectivity index (χ0n) is 8.89. The summed E-state index contributed by atoms with van der Waals surface area (Å²) in [4.78, 5) is 0. The van der Waals surface area contributed by atoms with Crippen molar-refractivity contribution in [3.05, 3.63) is 38.9 Å². The monoisotopic (exact) mass is 253 g/mol. The first-order chi connectivity index (χ1) is 7.68. The van der Waals surface area contributed by atoms with E-state index in [9.17, 15) is 0 Å². The van der Waals surface area contributed by atoms with Gasteiger partial charge in [-0.1, -0.05) is 29.3 Å². The number of nitrogens with two attached hydrogens (primary N) is 1. The predicted octanol–water partition coefficient (Wildman–Crippen LogP) is 3.81. The summed E-state index contributed by atoms with van der Waals surface area (Å²) in [7, 11) is 0. The van der Waals surface area contributed by atoms with E-state index in [1.165, 1.54) is 22.3 Å². The number of halogens is 2. The Bertz CT molecular complexity index is 491. The van der Waals surface area contributed by atoms with Crippen molar-refractivity contribution >= 4 is 28.8 Å². The smallest absolute Gasteiger partial charge is 0.0670 e. The fraction of sp³-hybridized carbons (Fsp3) is 0.385. The summed E-state index contributed by atoms with van der Waals surface area (Å²) in [6.07, 6.45) is 4.30. The van der Waals surface area contributed by atoms with Gasteiger partial charge in [0.1, 0.15) is 0 Å². The van der Waals surface area contributed by atoms with E-state index in [1.54, 1.807) is 0 Å². The molecule has 16 heavy (non-hydrogen) atoms. The van der Waals surface area contributed by atoms with Crippen LogP contribution in [0.15, 0.2) is 17.7 Å². The summed E-state index contributed by atoms with van der Waals surface area (Å²) in [6.45, 7) is 0. The van der Waals surface area contributed by atoms with Crippen LogP contribution in [0.3, 0.4) is 0 Å². The molecule has 0 spiro atoms. The van der Waals surface area contributed by atoms with Gasteiger partial charge in [0.25, 0.3) is 0 Å². The highest BCUT2D eigenvalue weighted by atomic mass is 35.5. The second-order valence-electron chi connectivity index (χ2n) is 4.57. The molecule has 0 bridgehead atoms. The third kappa shape index (κ3) is 1.42. The minimum atomic E-state index is 0.214. The zero-order chi connectivity index (χ0) is 11.3. The van der Waals surface area contributed by atoms with E-state index in [-0.39, 0.29) is 6.04 Å². The Kier molecular flexibility index (Phi) is 2.50. The van der Waals surface area contributed by atoms with Gasteiger partial charge in [-0.3, -0.25) is 0 Å². The maximum atomic E-state index is 6.30. The van der Waals surface area contributed by atoms with E-state index in [2.05, 4.69) is 6.07 Å². The van der Waals surface area contributed by atoms with Crippen molar-refractivity contribution in [1.82, 2.24) is 0 Å². The first-order valence-corrected chi connectivity index (χ1v) is 6.39. The number of fused-ring (bicyclic) bond motifs is 2. The number of allylic oxidation sites excluding steroid dienone is 1. The Morgan fingerprint density at radius 1 is 1.25 bits per heavy atom. The summed E-state index contributed by atoms with van der Waals surface area (Å²) in [5, 5.41) is 1.35. The van der Waals surface area contributed by atoms with Gasteiger partial charge in [0.2, 0.25) is 0 Å². The minimum absolute atomic E-state index is 0.214. The maximum Gasteiger partial charge on any atom is 0.0670 e. The molecule has 1 nitrogen and oxygen atoms in total. The lowest BCUT2D eigenvalue weighted by molar-refractivity contribution is 0.620. The number of benzene rings is 1. The molecule has 0 aliphatic heterocycles. The fourth-order valence-electron chi connectivity index (χ4n) is 2.85. The largest absolute Gasteiger partial charge is 0.324 e. The van der Waals surface area contributed by atoms with Crippen LogP contribution in [-0.2, 0) is 6.42 Å². The van der Waals surface area contributed by atoms with Crippen molar-refractivity contribution in [3.63, 3.8) is 0 Å². The number of hydrogen-bond donors (Lipinski definition) is 1. The molecule has 1 unspecified atom stereocenters. The molecule has 3 rings (SSSR count). The SMILES string of the molecule is NC1CCCC2=C1Cc1ccc(Cl)c(Cl)c12. The van der Waals surface area contributed by atoms with Crippen molar-refractivity contribution in [2.75, 3.05) is 0 Å². The van der Waals surface area contributed by atoms with Gasteiger partial charge in [0, 0.05) is 11.6 Å². The van der Waals surface area contributed by atoms with Crippen molar-refractivity contribution in [2.45, 2.75) is 31.7 Å². The van der Waals surface area contributed by atoms with Crippen LogP contribution in [0.5, 0.6) is 0 Å². The van der Waals surface area contributed by atoms with Crippen LogP contribution in [0.1, 0.15) is 30.4 Å². The van der Waals surface area contributed by atoms with Crippen molar-refractivity contribution < 1.29 is 0 Å². The molecule has 0 heterocycles. The Balaban J connectivity index is 2.19. The van der Waals surface area contributed by atoms with Crippen LogP contribution >= 0.6 is 23.2 Å². The van der Waals surface area contributed by atoms with Gasteiger partial charge in [0.15, 0.2) is 0 Å². The normalized spacial score (nSPS) is 23.3. The molecule has 0 amide bonds. The zero-order valence-corrected chi connectivity index (χ0v) is 10.4. The van der Waals surface area contributed by atoms with Crippen LogP contribution in [0.25, 0.3) is 5.57 Å². The van der Waals surface area contributed by atoms with Crippen molar-refractivity contribution in [2.24, 2.45) is 5.73 Å². The third-order valence-electron chi connectivity index (χ3n) is 3.64. The molecule has 2 aliphatic carbocycles. The van der Waals surface area contributed by atoms with Gasteiger partial charge in [0.05, 0.1) is 10.0 Å². The summed E-state index contributed by atoms with van der Waals surface area (Å²) in [6, 6.07) is 4.17. The summed E-state index contributed by atoms with van der Waals surface area (Å²) in [5.74, 6) is 0. The second kappa shape index (κ2) is 3.76. The van der Waals surface area contributed by atoms with Crippen LogP contribution in [-0.4, -0.2) is 6.04 Å². The van der Waals surface area contributed by atoms with Crippen molar-refractivity contribution in [1.29, 1.82) is 0 Å². The second-order valence-corrected chi connectivity index (χ2v) is 5.36. The predicted molar refractivity (Wildman–Crippen MR) is 68.9 cm³/mol. The summed E-state index contributed by atoms with van der Waals surface area (Å²) >= 11 is 12.4. The molecule has 0 saturated heterocycles. The Morgan fingerprint density at radius 2 is 2.06 bits per heavy atom. The standard InChI is InChI=1S/C13H13Cl2N/c14-10-5-4-7-6-9-8(12(7)13(10)15)2-1-3-11(9)16/h4-5,11H,1-3,6,16H2. The van der Waals surface area contributed by atoms with E-state index < -0.39 is 0 Å². The third-order valence-corrected chi connectivity index (χ3v) is 4.45. The molecule has 1 aromatic rings.